The number of aromatic nitrogens is 3. The molecule has 2 heterocycles. The van der Waals surface area contributed by atoms with Crippen molar-refractivity contribution in [2.75, 3.05) is 11.1 Å². The number of hydrogen-bond donors (Lipinski definition) is 3. The summed E-state index contributed by atoms with van der Waals surface area (Å²) in [5, 5.41) is 2.85. The Morgan fingerprint density at radius 1 is 1.33 bits per heavy atom. The van der Waals surface area contributed by atoms with E-state index in [1.165, 1.54) is 18.2 Å². The SMILES string of the molecule is Nc1cnc(C(=O)Nc2cccnc2C2=CCCCC2)[nH]1. The van der Waals surface area contributed by atoms with Crippen molar-refractivity contribution >= 4 is 23.0 Å². The molecule has 1 amide bonds. The van der Waals surface area contributed by atoms with E-state index in [9.17, 15) is 4.79 Å². The Hall–Kier alpha value is -2.63. The standard InChI is InChI=1S/C15H17N5O/c16-12-9-18-14(20-12)15(21)19-11-7-4-8-17-13(11)10-5-2-1-3-6-10/h4-5,7-9H,1-3,6,16H2,(H,18,20)(H,19,21). The van der Waals surface area contributed by atoms with Crippen LogP contribution in [0.25, 0.3) is 5.57 Å². The molecule has 108 valence electrons. The maximum Gasteiger partial charge on any atom is 0.291 e. The number of imidazole rings is 1. The minimum absolute atomic E-state index is 0.194. The molecule has 0 radical (unpaired) electrons. The smallest absolute Gasteiger partial charge is 0.291 e. The number of nitrogens with two attached hydrogens (primary N) is 1. The molecule has 0 saturated heterocycles. The number of H-pyrrole nitrogens is 1. The molecule has 0 saturated carbocycles. The summed E-state index contributed by atoms with van der Waals surface area (Å²) >= 11 is 0. The van der Waals surface area contributed by atoms with Gasteiger partial charge in [0.1, 0.15) is 5.82 Å². The molecule has 2 aromatic rings. The van der Waals surface area contributed by atoms with Crippen LogP contribution in [0.4, 0.5) is 11.5 Å². The van der Waals surface area contributed by atoms with Gasteiger partial charge in [0.2, 0.25) is 0 Å². The molecule has 0 bridgehead atoms. The lowest BCUT2D eigenvalue weighted by molar-refractivity contribution is 0.101. The second-order valence-corrected chi connectivity index (χ2v) is 5.02. The van der Waals surface area contributed by atoms with Crippen LogP contribution in [-0.2, 0) is 0 Å². The van der Waals surface area contributed by atoms with Crippen LogP contribution in [0.1, 0.15) is 42.0 Å². The van der Waals surface area contributed by atoms with Crippen molar-refractivity contribution in [3.05, 3.63) is 42.1 Å². The fraction of sp³-hybridized carbons (Fsp3) is 0.267. The molecule has 0 spiro atoms. The predicted molar refractivity (Wildman–Crippen MR) is 81.6 cm³/mol. The number of anilines is 2. The quantitative estimate of drug-likeness (QED) is 0.806. The Morgan fingerprint density at radius 3 is 2.95 bits per heavy atom. The molecule has 4 N–H and O–H groups in total. The maximum absolute atomic E-state index is 12.2. The summed E-state index contributed by atoms with van der Waals surface area (Å²) in [6.45, 7) is 0. The first-order valence-corrected chi connectivity index (χ1v) is 7.00. The van der Waals surface area contributed by atoms with E-state index < -0.39 is 0 Å². The highest BCUT2D eigenvalue weighted by atomic mass is 16.2. The molecule has 6 nitrogen and oxygen atoms in total. The molecule has 0 fully saturated rings. The lowest BCUT2D eigenvalue weighted by atomic mass is 9.96. The summed E-state index contributed by atoms with van der Waals surface area (Å²) in [6, 6.07) is 3.65. The lowest BCUT2D eigenvalue weighted by Crippen LogP contribution is -2.15. The molecular formula is C15H17N5O. The Bertz CT molecular complexity index is 689. The van der Waals surface area contributed by atoms with E-state index in [2.05, 4.69) is 26.3 Å². The summed E-state index contributed by atoms with van der Waals surface area (Å²) in [6.07, 6.45) is 9.79. The van der Waals surface area contributed by atoms with Gasteiger partial charge < -0.3 is 16.0 Å². The lowest BCUT2D eigenvalue weighted by Gasteiger charge is -2.15. The minimum Gasteiger partial charge on any atom is -0.384 e. The molecule has 0 aromatic carbocycles. The highest BCUT2D eigenvalue weighted by molar-refractivity contribution is 6.03. The van der Waals surface area contributed by atoms with Crippen LogP contribution in [0.15, 0.2) is 30.6 Å². The first kappa shape index (κ1) is 13.4. The van der Waals surface area contributed by atoms with E-state index in [-0.39, 0.29) is 11.7 Å². The predicted octanol–water partition coefficient (Wildman–Crippen LogP) is 2.60. The summed E-state index contributed by atoms with van der Waals surface area (Å²) in [5.41, 5.74) is 8.27. The van der Waals surface area contributed by atoms with Crippen LogP contribution in [0.3, 0.4) is 0 Å². The summed E-state index contributed by atoms with van der Waals surface area (Å²) < 4.78 is 0. The van der Waals surface area contributed by atoms with Gasteiger partial charge in [-0.3, -0.25) is 9.78 Å². The van der Waals surface area contributed by atoms with Crippen LogP contribution in [0.2, 0.25) is 0 Å². The van der Waals surface area contributed by atoms with E-state index in [0.29, 0.717) is 11.5 Å². The first-order chi connectivity index (χ1) is 10.2. The van der Waals surface area contributed by atoms with Crippen molar-refractivity contribution in [2.24, 2.45) is 0 Å². The molecule has 1 aliphatic rings. The third-order valence-electron chi connectivity index (χ3n) is 3.46. The Balaban J connectivity index is 1.85. The number of nitrogens with zero attached hydrogens (tertiary/aromatic N) is 2. The zero-order valence-corrected chi connectivity index (χ0v) is 11.6. The van der Waals surface area contributed by atoms with Gasteiger partial charge in [-0.05, 0) is 43.4 Å². The fourth-order valence-corrected chi connectivity index (χ4v) is 2.45. The van der Waals surface area contributed by atoms with Crippen molar-refractivity contribution in [1.29, 1.82) is 0 Å². The van der Waals surface area contributed by atoms with Crippen molar-refractivity contribution in [3.63, 3.8) is 0 Å². The summed E-state index contributed by atoms with van der Waals surface area (Å²) in [7, 11) is 0. The van der Waals surface area contributed by atoms with Crippen molar-refractivity contribution in [1.82, 2.24) is 15.0 Å². The number of allylic oxidation sites excluding steroid dienone is 2. The Morgan fingerprint density at radius 2 is 2.24 bits per heavy atom. The first-order valence-electron chi connectivity index (χ1n) is 7.00. The van der Waals surface area contributed by atoms with Gasteiger partial charge in [0.05, 0.1) is 17.6 Å². The molecule has 0 unspecified atom stereocenters. The van der Waals surface area contributed by atoms with E-state index in [1.54, 1.807) is 12.3 Å². The number of hydrogen-bond acceptors (Lipinski definition) is 4. The maximum atomic E-state index is 12.2. The van der Waals surface area contributed by atoms with Gasteiger partial charge in [-0.2, -0.15) is 0 Å². The molecule has 2 aromatic heterocycles. The van der Waals surface area contributed by atoms with E-state index in [1.807, 2.05) is 6.07 Å². The van der Waals surface area contributed by atoms with Gasteiger partial charge >= 0.3 is 0 Å². The van der Waals surface area contributed by atoms with Crippen molar-refractivity contribution < 1.29 is 4.79 Å². The average Bonchev–Trinajstić information content (AvgIpc) is 2.95. The average molecular weight is 283 g/mol. The number of rotatable bonds is 3. The molecule has 0 aliphatic heterocycles. The summed E-state index contributed by atoms with van der Waals surface area (Å²) in [5.74, 6) is 0.235. The van der Waals surface area contributed by atoms with Crippen molar-refractivity contribution in [2.45, 2.75) is 25.7 Å². The monoisotopic (exact) mass is 283 g/mol. The number of aromatic amines is 1. The third kappa shape index (κ3) is 2.94. The van der Waals surface area contributed by atoms with Crippen LogP contribution in [0, 0.1) is 0 Å². The number of amides is 1. The van der Waals surface area contributed by atoms with E-state index in [4.69, 9.17) is 5.73 Å². The van der Waals surface area contributed by atoms with Gasteiger partial charge in [-0.15, -0.1) is 0 Å². The number of carbonyl (C=O) groups excluding carboxylic acids is 1. The second kappa shape index (κ2) is 5.78. The number of carbonyl (C=O) groups is 1. The second-order valence-electron chi connectivity index (χ2n) is 5.02. The number of nitrogens with one attached hydrogen (secondary N) is 2. The Labute approximate surface area is 122 Å². The molecule has 1 aliphatic carbocycles. The van der Waals surface area contributed by atoms with Crippen LogP contribution < -0.4 is 11.1 Å². The molecule has 21 heavy (non-hydrogen) atoms. The topological polar surface area (TPSA) is 96.7 Å². The largest absolute Gasteiger partial charge is 0.384 e. The number of pyridine rings is 1. The Kier molecular flexibility index (Phi) is 3.68. The molecule has 3 rings (SSSR count). The van der Waals surface area contributed by atoms with Crippen LogP contribution in [-0.4, -0.2) is 20.9 Å². The summed E-state index contributed by atoms with van der Waals surface area (Å²) in [4.78, 5) is 23.2. The van der Waals surface area contributed by atoms with Crippen LogP contribution in [0.5, 0.6) is 0 Å². The van der Waals surface area contributed by atoms with Gasteiger partial charge in [-0.1, -0.05) is 6.08 Å². The zero-order valence-electron chi connectivity index (χ0n) is 11.6. The fourth-order valence-electron chi connectivity index (χ4n) is 2.45. The van der Waals surface area contributed by atoms with Gasteiger partial charge in [-0.25, -0.2) is 4.98 Å². The highest BCUT2D eigenvalue weighted by Crippen LogP contribution is 2.29. The van der Waals surface area contributed by atoms with E-state index in [0.717, 1.165) is 25.0 Å². The normalized spacial score (nSPS) is 14.6. The number of nitrogen functional groups attached to an aromatic ring is 1. The molecular weight excluding hydrogens is 266 g/mol. The van der Waals surface area contributed by atoms with Crippen molar-refractivity contribution in [3.8, 4) is 0 Å². The zero-order chi connectivity index (χ0) is 14.7. The van der Waals surface area contributed by atoms with Crippen LogP contribution >= 0.6 is 0 Å². The van der Waals surface area contributed by atoms with Gasteiger partial charge in [0, 0.05) is 6.20 Å². The molecule has 0 atom stereocenters. The van der Waals surface area contributed by atoms with Gasteiger partial charge in [0.25, 0.3) is 5.91 Å². The van der Waals surface area contributed by atoms with Gasteiger partial charge in [0.15, 0.2) is 5.82 Å². The highest BCUT2D eigenvalue weighted by Gasteiger charge is 2.15. The minimum atomic E-state index is -0.322. The third-order valence-corrected chi connectivity index (χ3v) is 3.46. The van der Waals surface area contributed by atoms with E-state index >= 15 is 0 Å². The molecule has 6 heteroatoms.